The number of nitrogens with one attached hydrogen (secondary N) is 1. The van der Waals surface area contributed by atoms with Crippen LogP contribution in [0.1, 0.15) is 38.1 Å². The van der Waals surface area contributed by atoms with Crippen LogP contribution >= 0.6 is 0 Å². The minimum atomic E-state index is -0.502. The number of aliphatic hydroxyl groups is 1. The third-order valence-corrected chi connectivity index (χ3v) is 3.88. The van der Waals surface area contributed by atoms with Gasteiger partial charge in [0.05, 0.1) is 17.4 Å². The van der Waals surface area contributed by atoms with Gasteiger partial charge in [-0.25, -0.2) is 0 Å². The summed E-state index contributed by atoms with van der Waals surface area (Å²) in [5.74, 6) is -0.101. The number of tetrazole rings is 1. The van der Waals surface area contributed by atoms with Crippen LogP contribution in [0, 0.1) is 11.3 Å². The first kappa shape index (κ1) is 17.1. The van der Waals surface area contributed by atoms with Gasteiger partial charge >= 0.3 is 0 Å². The van der Waals surface area contributed by atoms with Gasteiger partial charge in [-0.1, -0.05) is 39.8 Å². The Bertz CT molecular complexity index is 652. The number of carbonyl (C=O) groups is 1. The highest BCUT2D eigenvalue weighted by atomic mass is 16.3. The summed E-state index contributed by atoms with van der Waals surface area (Å²) >= 11 is 0. The molecule has 23 heavy (non-hydrogen) atoms. The second-order valence-corrected chi connectivity index (χ2v) is 6.63. The molecule has 1 amide bonds. The molecule has 124 valence electrons. The van der Waals surface area contributed by atoms with E-state index >= 15 is 0 Å². The van der Waals surface area contributed by atoms with Crippen LogP contribution in [-0.2, 0) is 0 Å². The quantitative estimate of drug-likeness (QED) is 0.841. The zero-order chi connectivity index (χ0) is 17.0. The van der Waals surface area contributed by atoms with Crippen molar-refractivity contribution in [1.82, 2.24) is 25.5 Å². The predicted octanol–water partition coefficient (Wildman–Crippen LogP) is 1.44. The number of aromatic nitrogens is 4. The van der Waals surface area contributed by atoms with Crippen LogP contribution in [0.2, 0.25) is 0 Å². The molecular weight excluding hydrogens is 294 g/mol. The molecule has 0 aliphatic rings. The van der Waals surface area contributed by atoms with Crippen LogP contribution in [0.25, 0.3) is 5.69 Å². The van der Waals surface area contributed by atoms with Crippen molar-refractivity contribution in [3.63, 3.8) is 0 Å². The van der Waals surface area contributed by atoms with Gasteiger partial charge in [0.15, 0.2) is 0 Å². The van der Waals surface area contributed by atoms with E-state index in [1.807, 2.05) is 33.8 Å². The lowest BCUT2D eigenvalue weighted by Gasteiger charge is -2.33. The van der Waals surface area contributed by atoms with Crippen molar-refractivity contribution >= 4 is 5.91 Å². The van der Waals surface area contributed by atoms with Gasteiger partial charge in [-0.05, 0) is 28.5 Å². The van der Waals surface area contributed by atoms with Crippen LogP contribution in [0.5, 0.6) is 0 Å². The van der Waals surface area contributed by atoms with E-state index in [9.17, 15) is 9.90 Å². The molecule has 0 aliphatic carbocycles. The molecule has 0 aliphatic heterocycles. The predicted molar refractivity (Wildman–Crippen MR) is 86.1 cm³/mol. The largest absolute Gasteiger partial charge is 0.392 e. The van der Waals surface area contributed by atoms with E-state index in [0.717, 1.165) is 0 Å². The maximum Gasteiger partial charge on any atom is 0.253 e. The Hall–Kier alpha value is -2.28. The Labute approximate surface area is 135 Å². The average molecular weight is 317 g/mol. The fraction of sp³-hybridized carbons (Fsp3) is 0.500. The van der Waals surface area contributed by atoms with Crippen LogP contribution in [0.3, 0.4) is 0 Å². The maximum atomic E-state index is 12.5. The maximum absolute atomic E-state index is 12.5. The van der Waals surface area contributed by atoms with Gasteiger partial charge in [0, 0.05) is 12.0 Å². The normalized spacial score (nSPS) is 13.1. The Morgan fingerprint density at radius 1 is 1.35 bits per heavy atom. The summed E-state index contributed by atoms with van der Waals surface area (Å²) in [6, 6.07) is 7.11. The first-order valence-corrected chi connectivity index (χ1v) is 7.61. The summed E-state index contributed by atoms with van der Waals surface area (Å²) in [6.07, 6.45) is 0.941. The molecule has 7 heteroatoms. The third kappa shape index (κ3) is 3.92. The second-order valence-electron chi connectivity index (χ2n) is 6.63. The minimum Gasteiger partial charge on any atom is -0.392 e. The highest BCUT2D eigenvalue weighted by Crippen LogP contribution is 2.25. The van der Waals surface area contributed by atoms with Gasteiger partial charge in [0.2, 0.25) is 0 Å². The van der Waals surface area contributed by atoms with Gasteiger partial charge in [-0.15, -0.1) is 5.10 Å². The molecule has 1 heterocycles. The number of para-hydroxylation sites is 1. The molecule has 0 radical (unpaired) electrons. The Morgan fingerprint density at radius 3 is 2.65 bits per heavy atom. The van der Waals surface area contributed by atoms with Crippen molar-refractivity contribution in [2.75, 3.05) is 6.54 Å². The molecule has 0 bridgehead atoms. The van der Waals surface area contributed by atoms with Crippen LogP contribution in [-0.4, -0.2) is 43.9 Å². The summed E-state index contributed by atoms with van der Waals surface area (Å²) < 4.78 is 1.45. The van der Waals surface area contributed by atoms with Gasteiger partial charge in [-0.2, -0.15) is 4.68 Å². The number of nitrogens with zero attached hydrogens (tertiary/aromatic N) is 4. The molecule has 7 nitrogen and oxygen atoms in total. The van der Waals surface area contributed by atoms with Crippen molar-refractivity contribution < 1.29 is 9.90 Å². The summed E-state index contributed by atoms with van der Waals surface area (Å²) in [6.45, 7) is 8.16. The molecule has 1 aromatic carbocycles. The highest BCUT2D eigenvalue weighted by Gasteiger charge is 2.30. The molecule has 0 saturated carbocycles. The fourth-order valence-corrected chi connectivity index (χ4v) is 2.55. The zero-order valence-corrected chi connectivity index (χ0v) is 13.9. The molecule has 1 aromatic heterocycles. The van der Waals surface area contributed by atoms with E-state index in [-0.39, 0.29) is 11.8 Å². The smallest absolute Gasteiger partial charge is 0.253 e. The van der Waals surface area contributed by atoms with Gasteiger partial charge in [-0.3, -0.25) is 4.79 Å². The number of hydrogen-bond donors (Lipinski definition) is 2. The van der Waals surface area contributed by atoms with Crippen molar-refractivity contribution in [2.45, 2.75) is 33.8 Å². The number of hydrogen-bond acceptors (Lipinski definition) is 5. The summed E-state index contributed by atoms with van der Waals surface area (Å²) in [4.78, 5) is 12.5. The molecule has 1 unspecified atom stereocenters. The Kier molecular flexibility index (Phi) is 5.10. The van der Waals surface area contributed by atoms with E-state index in [0.29, 0.717) is 17.8 Å². The second kappa shape index (κ2) is 6.87. The molecule has 2 aromatic rings. The minimum absolute atomic E-state index is 0.121. The van der Waals surface area contributed by atoms with E-state index in [2.05, 4.69) is 20.8 Å². The number of carbonyl (C=O) groups excluding carboxylic acids is 1. The zero-order valence-electron chi connectivity index (χ0n) is 13.9. The average Bonchev–Trinajstić information content (AvgIpc) is 3.06. The van der Waals surface area contributed by atoms with Gasteiger partial charge < -0.3 is 10.4 Å². The van der Waals surface area contributed by atoms with Crippen molar-refractivity contribution in [3.8, 4) is 5.69 Å². The molecule has 0 saturated heterocycles. The van der Waals surface area contributed by atoms with Crippen molar-refractivity contribution in [3.05, 3.63) is 36.2 Å². The SMILES string of the molecule is CC(C)C(O)C(C)(C)CNC(=O)c1ccccc1-n1cnnn1. The monoisotopic (exact) mass is 317 g/mol. The van der Waals surface area contributed by atoms with Crippen LogP contribution in [0.15, 0.2) is 30.6 Å². The lowest BCUT2D eigenvalue weighted by atomic mass is 9.80. The topological polar surface area (TPSA) is 92.9 Å². The number of benzene rings is 1. The van der Waals surface area contributed by atoms with Gasteiger partial charge in [0.1, 0.15) is 6.33 Å². The summed E-state index contributed by atoms with van der Waals surface area (Å²) in [5.41, 5.74) is 0.667. The van der Waals surface area contributed by atoms with E-state index in [4.69, 9.17) is 0 Å². The number of aliphatic hydroxyl groups excluding tert-OH is 1. The standard InChI is InChI=1S/C16H23N5O2/c1-11(2)14(22)16(3,4)9-17-15(23)12-7-5-6-8-13(12)21-10-18-19-20-21/h5-8,10-11,14,22H,9H2,1-4H3,(H,17,23). The lowest BCUT2D eigenvalue weighted by Crippen LogP contribution is -2.43. The molecule has 0 fully saturated rings. The summed E-state index contributed by atoms with van der Waals surface area (Å²) in [5, 5.41) is 24.2. The lowest BCUT2D eigenvalue weighted by molar-refractivity contribution is 0.0138. The first-order chi connectivity index (χ1) is 10.8. The fourth-order valence-electron chi connectivity index (χ4n) is 2.55. The number of amides is 1. The Balaban J connectivity index is 2.14. The van der Waals surface area contributed by atoms with Crippen molar-refractivity contribution in [2.24, 2.45) is 11.3 Å². The molecule has 1 atom stereocenters. The molecule has 2 rings (SSSR count). The Morgan fingerprint density at radius 2 is 2.04 bits per heavy atom. The third-order valence-electron chi connectivity index (χ3n) is 3.88. The summed E-state index contributed by atoms with van der Waals surface area (Å²) in [7, 11) is 0. The van der Waals surface area contributed by atoms with Crippen LogP contribution < -0.4 is 5.32 Å². The molecule has 0 spiro atoms. The molecular formula is C16H23N5O2. The van der Waals surface area contributed by atoms with Gasteiger partial charge in [0.25, 0.3) is 5.91 Å². The van der Waals surface area contributed by atoms with E-state index in [1.165, 1.54) is 11.0 Å². The first-order valence-electron chi connectivity index (χ1n) is 7.61. The molecule has 2 N–H and O–H groups in total. The van der Waals surface area contributed by atoms with E-state index < -0.39 is 11.5 Å². The highest BCUT2D eigenvalue weighted by molar-refractivity contribution is 5.97. The van der Waals surface area contributed by atoms with Crippen molar-refractivity contribution in [1.29, 1.82) is 0 Å². The van der Waals surface area contributed by atoms with Crippen LogP contribution in [0.4, 0.5) is 0 Å². The van der Waals surface area contributed by atoms with E-state index in [1.54, 1.807) is 18.2 Å². The number of rotatable bonds is 6.